The van der Waals surface area contributed by atoms with Crippen molar-refractivity contribution in [2.24, 2.45) is 105 Å². The second-order valence-corrected chi connectivity index (χ2v) is 25.6. The van der Waals surface area contributed by atoms with Crippen molar-refractivity contribution >= 4 is 0 Å². The van der Waals surface area contributed by atoms with Crippen molar-refractivity contribution in [2.45, 2.75) is 230 Å². The Morgan fingerprint density at radius 1 is 0.534 bits per heavy atom. The van der Waals surface area contributed by atoms with Crippen molar-refractivity contribution < 1.29 is 4.74 Å². The van der Waals surface area contributed by atoms with Gasteiger partial charge in [-0.2, -0.15) is 0 Å². The zero-order valence-corrected chi connectivity index (χ0v) is 40.6. The van der Waals surface area contributed by atoms with Gasteiger partial charge < -0.3 is 4.74 Å². The number of ether oxygens (including phenoxy) is 1. The molecule has 0 amide bonds. The molecule has 0 saturated heterocycles. The summed E-state index contributed by atoms with van der Waals surface area (Å²) in [6.45, 7) is 31.0. The molecule has 0 spiro atoms. The molecule has 6 saturated carbocycles. The number of hydrogen-bond donors (Lipinski definition) is 0. The van der Waals surface area contributed by atoms with Gasteiger partial charge in [0.25, 0.3) is 0 Å². The average Bonchev–Trinajstić information content (AvgIpc) is 3.74. The summed E-state index contributed by atoms with van der Waals surface area (Å²) < 4.78 is 7.28. The van der Waals surface area contributed by atoms with Crippen molar-refractivity contribution in [3.63, 3.8) is 0 Å². The summed E-state index contributed by atoms with van der Waals surface area (Å²) in [7, 11) is 0. The quantitative estimate of drug-likeness (QED) is 0.169. The fraction of sp³-hybridized carbons (Fsp3) is 0.930. The Hall–Kier alpha value is -0.560. The van der Waals surface area contributed by atoms with Gasteiger partial charge in [0.15, 0.2) is 0 Å². The lowest BCUT2D eigenvalue weighted by atomic mass is 9.46. The van der Waals surface area contributed by atoms with Crippen LogP contribution in [0, 0.1) is 105 Å². The van der Waals surface area contributed by atoms with E-state index in [4.69, 9.17) is 4.74 Å². The molecule has 0 aromatic heterocycles. The minimum atomic E-state index is 0.421. The van der Waals surface area contributed by atoms with Crippen LogP contribution in [-0.4, -0.2) is 12.2 Å². The summed E-state index contributed by atoms with van der Waals surface area (Å²) in [5.41, 5.74) is 5.63. The van der Waals surface area contributed by atoms with E-state index >= 15 is 0 Å². The first-order chi connectivity index (χ1) is 27.5. The highest BCUT2D eigenvalue weighted by molar-refractivity contribution is 5.27. The highest BCUT2D eigenvalue weighted by atomic mass is 16.5. The van der Waals surface area contributed by atoms with Gasteiger partial charge in [-0.25, -0.2) is 0 Å². The molecule has 58 heavy (non-hydrogen) atoms. The Labute approximate surface area is 361 Å². The molecule has 0 bridgehead atoms. The van der Waals surface area contributed by atoms with Crippen molar-refractivity contribution in [1.82, 2.24) is 0 Å². The summed E-state index contributed by atoms with van der Waals surface area (Å²) in [4.78, 5) is 0. The van der Waals surface area contributed by atoms with E-state index in [-0.39, 0.29) is 0 Å². The fourth-order valence-electron chi connectivity index (χ4n) is 18.5. The Morgan fingerprint density at radius 3 is 1.43 bits per heavy atom. The first kappa shape index (κ1) is 44.1. The van der Waals surface area contributed by atoms with Crippen molar-refractivity contribution in [3.05, 3.63) is 23.3 Å². The molecular weight excluding hydrogens is 701 g/mol. The molecule has 0 heterocycles. The highest BCUT2D eigenvalue weighted by Crippen LogP contribution is 2.69. The number of hydrogen-bond acceptors (Lipinski definition) is 1. The topological polar surface area (TPSA) is 9.23 Å². The van der Waals surface area contributed by atoms with Crippen LogP contribution < -0.4 is 0 Å². The zero-order valence-electron chi connectivity index (χ0n) is 40.6. The lowest BCUT2D eigenvalue weighted by Gasteiger charge is -2.59. The lowest BCUT2D eigenvalue weighted by molar-refractivity contribution is -0.0928. The third kappa shape index (κ3) is 7.56. The van der Waals surface area contributed by atoms with E-state index < -0.39 is 0 Å². The Kier molecular flexibility index (Phi) is 12.8. The van der Waals surface area contributed by atoms with E-state index in [0.717, 1.165) is 82.9 Å². The van der Waals surface area contributed by atoms with E-state index in [0.29, 0.717) is 33.9 Å². The number of allylic oxidation sites excluding steroid dienone is 2. The van der Waals surface area contributed by atoms with Crippen LogP contribution in [0.3, 0.4) is 0 Å². The van der Waals surface area contributed by atoms with Gasteiger partial charge >= 0.3 is 0 Å². The van der Waals surface area contributed by atoms with E-state index in [1.807, 2.05) is 11.1 Å². The van der Waals surface area contributed by atoms with Gasteiger partial charge in [-0.3, -0.25) is 0 Å². The minimum absolute atomic E-state index is 0.421. The normalized spacial score (nSPS) is 46.8. The lowest BCUT2D eigenvalue weighted by Crippen LogP contribution is -2.52. The maximum atomic E-state index is 7.28. The van der Waals surface area contributed by atoms with Crippen molar-refractivity contribution in [2.75, 3.05) is 0 Å². The van der Waals surface area contributed by atoms with Crippen molar-refractivity contribution in [1.29, 1.82) is 0 Å². The van der Waals surface area contributed by atoms with Crippen LogP contribution in [0.1, 0.15) is 218 Å². The van der Waals surface area contributed by atoms with E-state index in [1.54, 1.807) is 0 Å². The summed E-state index contributed by atoms with van der Waals surface area (Å²) in [5, 5.41) is 0. The van der Waals surface area contributed by atoms with Crippen molar-refractivity contribution in [3.8, 4) is 0 Å². The molecule has 4 unspecified atom stereocenters. The summed E-state index contributed by atoms with van der Waals surface area (Å²) in [5.74, 6) is 12.7. The molecular formula is C57H96O. The van der Waals surface area contributed by atoms with Gasteiger partial charge in [-0.05, 0) is 214 Å². The minimum Gasteiger partial charge on any atom is -0.374 e. The summed E-state index contributed by atoms with van der Waals surface area (Å²) in [6.07, 6.45) is 36.1. The monoisotopic (exact) mass is 797 g/mol. The van der Waals surface area contributed by atoms with Gasteiger partial charge in [-0.1, -0.05) is 132 Å². The molecule has 0 aromatic rings. The van der Waals surface area contributed by atoms with Crippen LogP contribution in [-0.2, 0) is 4.74 Å². The third-order valence-corrected chi connectivity index (χ3v) is 22.7. The number of fused-ring (bicyclic) bond motifs is 10. The van der Waals surface area contributed by atoms with Crippen LogP contribution in [0.15, 0.2) is 23.3 Å². The van der Waals surface area contributed by atoms with E-state index in [2.05, 4.69) is 95.2 Å². The standard InChI is InChI=1S/C57H96O/c1-13-41(37(4)5)17-16-40(8)49-23-25-51-47-21-19-43-35-45(27-31-55(43,10)53(47)29-33-57(49,51)12)58-44-26-30-54(9)42(34-44)18-20-46-50-24-22-48(56(50,11)32-28-52(46)54)39(7)15-14-38(6)36(2)3/h18-19,36-41,44-53H,13-17,20-35H2,1-12H3/t38?,39-,40-,41?,44?,45?,46+,47+,48-,49-,50+,51+,52+,53+,54+,55+,56-,57-/m1/s1. The van der Waals surface area contributed by atoms with E-state index in [1.165, 1.54) is 135 Å². The van der Waals surface area contributed by atoms with E-state index in [9.17, 15) is 0 Å². The molecule has 0 radical (unpaired) electrons. The second-order valence-electron chi connectivity index (χ2n) is 25.6. The first-order valence-electron chi connectivity index (χ1n) is 26.6. The predicted octanol–water partition coefficient (Wildman–Crippen LogP) is 16.7. The summed E-state index contributed by atoms with van der Waals surface area (Å²) in [6, 6.07) is 0. The number of rotatable bonds is 13. The maximum absolute atomic E-state index is 7.28. The van der Waals surface area contributed by atoms with Crippen LogP contribution in [0.5, 0.6) is 0 Å². The molecule has 8 rings (SSSR count). The molecule has 8 aliphatic carbocycles. The molecule has 6 fully saturated rings. The average molecular weight is 797 g/mol. The Morgan fingerprint density at radius 2 is 1.00 bits per heavy atom. The molecule has 330 valence electrons. The molecule has 0 N–H and O–H groups in total. The second kappa shape index (κ2) is 16.9. The van der Waals surface area contributed by atoms with Gasteiger partial charge in [0, 0.05) is 0 Å². The summed E-state index contributed by atoms with van der Waals surface area (Å²) >= 11 is 0. The molecule has 1 heteroatoms. The largest absolute Gasteiger partial charge is 0.374 e. The van der Waals surface area contributed by atoms with Crippen LogP contribution >= 0.6 is 0 Å². The molecule has 0 aliphatic heterocycles. The Balaban J connectivity index is 0.867. The third-order valence-electron chi connectivity index (χ3n) is 22.7. The smallest absolute Gasteiger partial charge is 0.0616 e. The van der Waals surface area contributed by atoms with Crippen LogP contribution in [0.4, 0.5) is 0 Å². The molecule has 1 nitrogen and oxygen atoms in total. The molecule has 0 aromatic carbocycles. The molecule has 8 aliphatic rings. The van der Waals surface area contributed by atoms with Crippen LogP contribution in [0.25, 0.3) is 0 Å². The highest BCUT2D eigenvalue weighted by Gasteiger charge is 2.61. The Bertz CT molecular complexity index is 1480. The van der Waals surface area contributed by atoms with Gasteiger partial charge in [0.05, 0.1) is 12.2 Å². The van der Waals surface area contributed by atoms with Gasteiger partial charge in [0.2, 0.25) is 0 Å². The van der Waals surface area contributed by atoms with Gasteiger partial charge in [-0.15, -0.1) is 0 Å². The predicted molar refractivity (Wildman–Crippen MR) is 248 cm³/mol. The van der Waals surface area contributed by atoms with Gasteiger partial charge in [0.1, 0.15) is 0 Å². The molecule has 18 atom stereocenters. The maximum Gasteiger partial charge on any atom is 0.0616 e. The zero-order chi connectivity index (χ0) is 41.4. The fourth-order valence-corrected chi connectivity index (χ4v) is 18.5. The first-order valence-corrected chi connectivity index (χ1v) is 26.6. The van der Waals surface area contributed by atoms with Crippen LogP contribution in [0.2, 0.25) is 0 Å². The SMILES string of the molecule is CCC(CC[C@@H](C)[C@H]1CC[C@H]2[C@@H]3CC=C4CC(OC5CC[C@@]6(C)C(=CC[C@H]7[C@@H]8CC[C@H]([C@H](C)CCC(C)C(C)C)[C@@]8(C)CC[C@@H]76)C5)CC[C@]4(C)[C@H]3CC[C@]12C)C(C)C.